The molecular weight excluding hydrogens is 709 g/mol. The van der Waals surface area contributed by atoms with Gasteiger partial charge in [-0.2, -0.15) is 0 Å². The number of hydrogen-bond acceptors (Lipinski definition) is 9. The highest BCUT2D eigenvalue weighted by Crippen LogP contribution is 2.46. The molecule has 3 aliphatic heterocycles. The van der Waals surface area contributed by atoms with E-state index in [1.165, 1.54) is 15.9 Å². The smallest absolute Gasteiger partial charge is 0.410 e. The number of allylic oxidation sites excluding steroid dienone is 1. The van der Waals surface area contributed by atoms with Crippen molar-refractivity contribution in [1.82, 2.24) is 25.2 Å². The Labute approximate surface area is 308 Å². The molecule has 0 bridgehead atoms. The summed E-state index contributed by atoms with van der Waals surface area (Å²) in [5.74, 6) is -2.80. The summed E-state index contributed by atoms with van der Waals surface area (Å²) in [5, 5.41) is 4.89. The Bertz CT molecular complexity index is 1810. The lowest BCUT2D eigenvalue weighted by molar-refractivity contribution is -0.141. The predicted octanol–water partition coefficient (Wildman–Crippen LogP) is 3.53. The highest BCUT2D eigenvalue weighted by Gasteiger charge is 2.62. The van der Waals surface area contributed by atoms with E-state index in [1.807, 2.05) is 26.0 Å². The van der Waals surface area contributed by atoms with Gasteiger partial charge in [-0.15, -0.1) is 0 Å². The van der Waals surface area contributed by atoms with Crippen LogP contribution in [0.5, 0.6) is 0 Å². The molecule has 3 heterocycles. The molecule has 288 valence electrons. The zero-order valence-corrected chi connectivity index (χ0v) is 30.9. The van der Waals surface area contributed by atoms with Gasteiger partial charge in [0.1, 0.15) is 35.1 Å². The molecule has 3 N–H and O–H groups in total. The van der Waals surface area contributed by atoms with Gasteiger partial charge in [0.2, 0.25) is 21.8 Å². The Balaban J connectivity index is 1.13. The molecule has 7 rings (SSSR count). The summed E-state index contributed by atoms with van der Waals surface area (Å²) in [5.41, 5.74) is -1.23. The Hall–Kier alpha value is -4.21. The Morgan fingerprint density at radius 2 is 1.81 bits per heavy atom. The van der Waals surface area contributed by atoms with Crippen molar-refractivity contribution in [2.75, 3.05) is 6.54 Å². The maximum atomic E-state index is 14.4. The monoisotopic (exact) mass is 757 g/mol. The Morgan fingerprint density at radius 3 is 2.53 bits per heavy atom. The maximum absolute atomic E-state index is 14.4. The van der Waals surface area contributed by atoms with Crippen molar-refractivity contribution in [2.24, 2.45) is 11.8 Å². The van der Waals surface area contributed by atoms with Crippen LogP contribution in [0.1, 0.15) is 95.6 Å². The van der Waals surface area contributed by atoms with Gasteiger partial charge in [0.15, 0.2) is 0 Å². The van der Waals surface area contributed by atoms with Gasteiger partial charge in [-0.1, -0.05) is 37.1 Å². The lowest BCUT2D eigenvalue weighted by Crippen LogP contribution is -2.58. The molecule has 1 aromatic rings. The van der Waals surface area contributed by atoms with E-state index in [9.17, 15) is 36.8 Å². The molecule has 14 nitrogen and oxygen atoms in total. The number of carbonyl (C=O) groups is 5. The zero-order chi connectivity index (χ0) is 37.7. The number of halogens is 1. The number of fused-ring (bicyclic) bond motifs is 3. The van der Waals surface area contributed by atoms with E-state index in [2.05, 4.69) is 15.4 Å². The first-order valence-corrected chi connectivity index (χ1v) is 20.3. The van der Waals surface area contributed by atoms with Crippen molar-refractivity contribution >= 4 is 39.9 Å². The summed E-state index contributed by atoms with van der Waals surface area (Å²) in [4.78, 5) is 71.5. The summed E-state index contributed by atoms with van der Waals surface area (Å²) >= 11 is 0. The average Bonchev–Trinajstić information content (AvgIpc) is 4.01. The van der Waals surface area contributed by atoms with Crippen molar-refractivity contribution in [3.05, 3.63) is 47.3 Å². The normalized spacial score (nSPS) is 29.1. The fourth-order valence-corrected chi connectivity index (χ4v) is 9.21. The second kappa shape index (κ2) is 14.2. The van der Waals surface area contributed by atoms with Crippen LogP contribution >= 0.6 is 0 Å². The van der Waals surface area contributed by atoms with Crippen LogP contribution in [0, 0.1) is 17.7 Å². The van der Waals surface area contributed by atoms with Gasteiger partial charge in [-0.05, 0) is 82.8 Å². The third-order valence-corrected chi connectivity index (χ3v) is 13.3. The topological polar surface area (TPSA) is 181 Å². The van der Waals surface area contributed by atoms with E-state index in [4.69, 9.17) is 9.47 Å². The highest BCUT2D eigenvalue weighted by molar-refractivity contribution is 7.91. The Morgan fingerprint density at radius 1 is 1.04 bits per heavy atom. The lowest BCUT2D eigenvalue weighted by atomic mass is 10.0. The van der Waals surface area contributed by atoms with E-state index < -0.39 is 86.2 Å². The van der Waals surface area contributed by atoms with Crippen LogP contribution in [0.3, 0.4) is 0 Å². The number of alkyl carbamates (subject to hydrolysis) is 1. The van der Waals surface area contributed by atoms with E-state index in [0.29, 0.717) is 36.8 Å². The summed E-state index contributed by atoms with van der Waals surface area (Å²) in [6, 6.07) is 2.33. The molecule has 0 radical (unpaired) electrons. The number of rotatable bonds is 7. The van der Waals surface area contributed by atoms with E-state index in [1.54, 1.807) is 12.1 Å². The minimum atomic E-state index is -3.92. The molecule has 6 aliphatic rings. The van der Waals surface area contributed by atoms with Gasteiger partial charge < -0.3 is 25.0 Å². The molecule has 0 unspecified atom stereocenters. The second-order valence-corrected chi connectivity index (χ2v) is 17.9. The standard InChI is InChI=1S/C37H48FN5O9S/c1-36(2,23-13-14-23)52-34(47)39-29-12-7-5-3-4-6-10-24-18-37(24,33(46)41-53(49,50)26-15-16-26)40-31(44)30-17-25(20-43(30)32(29)45)51-35(48)42-19-22-9-8-11-28(38)27(22)21-42/h6,8-11,23-26,29-30H,3-5,7,12-21H2,1-2H3,(H,39,47)(H,40,44)(H,41,46)/t24-,25-,29+,30+,37-/m1/s1. The zero-order valence-electron chi connectivity index (χ0n) is 30.1. The van der Waals surface area contributed by atoms with Crippen LogP contribution in [0.15, 0.2) is 30.4 Å². The van der Waals surface area contributed by atoms with Crippen LogP contribution in [0.4, 0.5) is 14.0 Å². The predicted molar refractivity (Wildman–Crippen MR) is 188 cm³/mol. The van der Waals surface area contributed by atoms with E-state index >= 15 is 0 Å². The molecule has 1 aromatic carbocycles. The Kier molecular flexibility index (Phi) is 9.96. The summed E-state index contributed by atoms with van der Waals surface area (Å²) < 4.78 is 53.8. The van der Waals surface area contributed by atoms with E-state index in [-0.39, 0.29) is 44.8 Å². The molecule has 3 aliphatic carbocycles. The van der Waals surface area contributed by atoms with Crippen molar-refractivity contribution < 1.29 is 46.3 Å². The molecular formula is C37H48FN5O9S. The first-order chi connectivity index (χ1) is 25.2. The summed E-state index contributed by atoms with van der Waals surface area (Å²) in [7, 11) is -3.92. The van der Waals surface area contributed by atoms with Crippen LogP contribution in [-0.2, 0) is 47.0 Å². The molecule has 0 aromatic heterocycles. The lowest BCUT2D eigenvalue weighted by Gasteiger charge is -2.31. The fourth-order valence-electron chi connectivity index (χ4n) is 7.85. The quantitative estimate of drug-likeness (QED) is 0.351. The molecule has 53 heavy (non-hydrogen) atoms. The largest absolute Gasteiger partial charge is 0.444 e. The van der Waals surface area contributed by atoms with Crippen molar-refractivity contribution in [3.63, 3.8) is 0 Å². The van der Waals surface area contributed by atoms with Gasteiger partial charge in [-0.25, -0.2) is 22.4 Å². The fraction of sp³-hybridized carbons (Fsp3) is 0.649. The summed E-state index contributed by atoms with van der Waals surface area (Å²) in [6.45, 7) is 3.61. The molecule has 16 heteroatoms. The first-order valence-electron chi connectivity index (χ1n) is 18.7. The average molecular weight is 758 g/mol. The van der Waals surface area contributed by atoms with Gasteiger partial charge in [-0.3, -0.25) is 24.0 Å². The molecule has 5 amide bonds. The number of amides is 5. The van der Waals surface area contributed by atoms with Gasteiger partial charge in [0.25, 0.3) is 5.91 Å². The van der Waals surface area contributed by atoms with Crippen molar-refractivity contribution in [2.45, 2.75) is 132 Å². The highest BCUT2D eigenvalue weighted by atomic mass is 32.2. The molecule has 5 atom stereocenters. The second-order valence-electron chi connectivity index (χ2n) is 16.0. The minimum absolute atomic E-state index is 0.00172. The van der Waals surface area contributed by atoms with Gasteiger partial charge >= 0.3 is 12.2 Å². The SMILES string of the molecule is CC(C)(OC(=O)N[C@H]1CCCCCC=C[C@@H]2C[C@@]2(C(=O)NS(=O)(=O)C2CC2)NC(=O)[C@@H]2C[C@@H](OC(=O)N3Cc4cccc(F)c4C3)CN2C1=O)C1CC1. The van der Waals surface area contributed by atoms with Gasteiger partial charge in [0.05, 0.1) is 18.3 Å². The number of nitrogens with zero attached hydrogens (tertiary/aromatic N) is 2. The van der Waals surface area contributed by atoms with Crippen LogP contribution in [0.25, 0.3) is 0 Å². The van der Waals surface area contributed by atoms with Crippen molar-refractivity contribution in [3.8, 4) is 0 Å². The molecule has 4 fully saturated rings. The van der Waals surface area contributed by atoms with Crippen molar-refractivity contribution in [1.29, 1.82) is 0 Å². The number of benzene rings is 1. The van der Waals surface area contributed by atoms with Crippen LogP contribution < -0.4 is 15.4 Å². The molecule has 0 spiro atoms. The first kappa shape index (κ1) is 37.1. The number of nitrogens with one attached hydrogen (secondary N) is 3. The summed E-state index contributed by atoms with van der Waals surface area (Å²) in [6.07, 6.45) is 7.12. The number of hydrogen-bond donors (Lipinski definition) is 3. The molecule has 3 saturated carbocycles. The van der Waals surface area contributed by atoms with Gasteiger partial charge in [0, 0.05) is 24.4 Å². The number of carbonyl (C=O) groups excluding carboxylic acids is 5. The number of ether oxygens (including phenoxy) is 2. The third-order valence-electron chi connectivity index (χ3n) is 11.5. The van der Waals surface area contributed by atoms with Crippen LogP contribution in [0.2, 0.25) is 0 Å². The minimum Gasteiger partial charge on any atom is -0.444 e. The molecule has 1 saturated heterocycles. The maximum Gasteiger partial charge on any atom is 0.410 e. The van der Waals surface area contributed by atoms with E-state index in [0.717, 1.165) is 25.7 Å². The third kappa shape index (κ3) is 8.02. The van der Waals surface area contributed by atoms with Crippen LogP contribution in [-0.4, -0.2) is 89.2 Å². The number of sulfonamides is 1.